The fourth-order valence-corrected chi connectivity index (χ4v) is 3.81. The predicted octanol–water partition coefficient (Wildman–Crippen LogP) is 7.07. The van der Waals surface area contributed by atoms with Crippen LogP contribution in [0.4, 0.5) is 0 Å². The zero-order valence-corrected chi connectivity index (χ0v) is 28.9. The van der Waals surface area contributed by atoms with E-state index in [4.69, 9.17) is 0 Å². The van der Waals surface area contributed by atoms with E-state index >= 15 is 0 Å². The smallest absolute Gasteiger partial charge is 0.193 e. The second-order valence-electron chi connectivity index (χ2n) is 15.0. The van der Waals surface area contributed by atoms with Crippen LogP contribution in [0, 0.1) is 21.7 Å². The number of aliphatic imine (C=N–C) groups is 2. The van der Waals surface area contributed by atoms with Crippen molar-refractivity contribution in [2.24, 2.45) is 31.6 Å². The van der Waals surface area contributed by atoms with Crippen LogP contribution in [0.25, 0.3) is 0 Å². The molecule has 0 saturated carbocycles. The van der Waals surface area contributed by atoms with Crippen LogP contribution in [0.2, 0.25) is 0 Å². The van der Waals surface area contributed by atoms with Gasteiger partial charge in [0.1, 0.15) is 0 Å². The van der Waals surface area contributed by atoms with E-state index in [1.165, 1.54) is 19.3 Å². The van der Waals surface area contributed by atoms with Crippen LogP contribution in [0.5, 0.6) is 0 Å². The molecule has 0 heterocycles. The van der Waals surface area contributed by atoms with Gasteiger partial charge < -0.3 is 20.9 Å². The maximum absolute atomic E-state index is 4.14. The highest BCUT2D eigenvalue weighted by molar-refractivity contribution is 5.81. The molecular formula is C31H70N6. The molecule has 3 N–H and O–H groups in total. The predicted molar refractivity (Wildman–Crippen MR) is 171 cm³/mol. The Morgan fingerprint density at radius 2 is 1.11 bits per heavy atom. The Kier molecular flexibility index (Phi) is 18.8. The van der Waals surface area contributed by atoms with Crippen LogP contribution in [-0.4, -0.2) is 71.1 Å². The van der Waals surface area contributed by atoms with Crippen LogP contribution in [0.1, 0.15) is 116 Å². The Morgan fingerprint density at radius 3 is 1.38 bits per heavy atom. The van der Waals surface area contributed by atoms with Gasteiger partial charge in [0.2, 0.25) is 0 Å². The van der Waals surface area contributed by atoms with E-state index in [1.54, 1.807) is 7.05 Å². The number of rotatable bonds is 7. The van der Waals surface area contributed by atoms with Gasteiger partial charge in [0.25, 0.3) is 0 Å². The Morgan fingerprint density at radius 1 is 0.649 bits per heavy atom. The Hall–Kier alpha value is -1.30. The monoisotopic (exact) mass is 527 g/mol. The Bertz CT molecular complexity index is 640. The third kappa shape index (κ3) is 22.4. The van der Waals surface area contributed by atoms with Gasteiger partial charge in [-0.3, -0.25) is 9.98 Å². The molecule has 6 heteroatoms. The van der Waals surface area contributed by atoms with Crippen molar-refractivity contribution in [3.8, 4) is 0 Å². The van der Waals surface area contributed by atoms with Crippen LogP contribution < -0.4 is 16.0 Å². The Labute approximate surface area is 234 Å². The average Bonchev–Trinajstić information content (AvgIpc) is 2.71. The maximum Gasteiger partial charge on any atom is 0.193 e. The van der Waals surface area contributed by atoms with Crippen molar-refractivity contribution in [1.29, 1.82) is 0 Å². The maximum atomic E-state index is 4.14. The number of amidine groups is 1. The molecular weight excluding hydrogens is 456 g/mol. The molecule has 37 heavy (non-hydrogen) atoms. The molecule has 0 bridgehead atoms. The molecule has 0 aliphatic rings. The van der Waals surface area contributed by atoms with Gasteiger partial charge in [-0.05, 0) is 61.8 Å². The number of nitrogens with zero attached hydrogens (tertiary/aromatic N) is 3. The van der Waals surface area contributed by atoms with Gasteiger partial charge in [-0.25, -0.2) is 0 Å². The summed E-state index contributed by atoms with van der Waals surface area (Å²) >= 11 is 0. The van der Waals surface area contributed by atoms with Gasteiger partial charge >= 0.3 is 0 Å². The summed E-state index contributed by atoms with van der Waals surface area (Å²) in [7, 11) is 11.6. The van der Waals surface area contributed by atoms with Crippen molar-refractivity contribution in [2.45, 2.75) is 121 Å². The molecule has 0 amide bonds. The molecule has 0 rings (SSSR count). The van der Waals surface area contributed by atoms with E-state index < -0.39 is 0 Å². The summed E-state index contributed by atoms with van der Waals surface area (Å²) in [4.78, 5) is 10.4. The third-order valence-electron chi connectivity index (χ3n) is 6.95. The van der Waals surface area contributed by atoms with Crippen molar-refractivity contribution >= 4 is 11.8 Å². The summed E-state index contributed by atoms with van der Waals surface area (Å²) in [6.07, 6.45) is 4.63. The topological polar surface area (TPSA) is 64.0 Å². The summed E-state index contributed by atoms with van der Waals surface area (Å²) < 4.78 is 0. The van der Waals surface area contributed by atoms with Crippen molar-refractivity contribution in [3.63, 3.8) is 0 Å². The largest absolute Gasteiger partial charge is 0.377 e. The summed E-state index contributed by atoms with van der Waals surface area (Å²) in [5.74, 6) is 2.05. The lowest BCUT2D eigenvalue weighted by Gasteiger charge is -2.45. The SMILES string of the molecule is CN=C(CCC(C)(C)C)NC.CN=C(NC)N(C)CCC(C)(C)C.CNC(C)(C)C(C)(C)CC(C)(C)C. The lowest BCUT2D eigenvalue weighted by atomic mass is 9.66. The lowest BCUT2D eigenvalue weighted by Crippen LogP contribution is -2.50. The van der Waals surface area contributed by atoms with Gasteiger partial charge in [0.15, 0.2) is 5.96 Å². The third-order valence-corrected chi connectivity index (χ3v) is 6.95. The molecule has 224 valence electrons. The Balaban J connectivity index is -0.000000471. The first-order valence-electron chi connectivity index (χ1n) is 14.1. The van der Waals surface area contributed by atoms with Crippen LogP contribution in [-0.2, 0) is 0 Å². The zero-order chi connectivity index (χ0) is 30.3. The molecule has 6 nitrogen and oxygen atoms in total. The lowest BCUT2D eigenvalue weighted by molar-refractivity contribution is 0.101. The number of nitrogens with one attached hydrogen (secondary N) is 3. The average molecular weight is 527 g/mol. The highest BCUT2D eigenvalue weighted by Crippen LogP contribution is 2.40. The molecule has 0 saturated heterocycles. The van der Waals surface area contributed by atoms with Gasteiger partial charge in [0, 0.05) is 53.7 Å². The van der Waals surface area contributed by atoms with Crippen molar-refractivity contribution in [3.05, 3.63) is 0 Å². The summed E-state index contributed by atoms with van der Waals surface area (Å²) in [6.45, 7) is 30.7. The summed E-state index contributed by atoms with van der Waals surface area (Å²) in [6, 6.07) is 0. The van der Waals surface area contributed by atoms with E-state index in [9.17, 15) is 0 Å². The van der Waals surface area contributed by atoms with Crippen molar-refractivity contribution in [1.82, 2.24) is 20.9 Å². The molecule has 0 aliphatic carbocycles. The van der Waals surface area contributed by atoms with E-state index in [2.05, 4.69) is 128 Å². The molecule has 0 unspecified atom stereocenters. The van der Waals surface area contributed by atoms with Gasteiger partial charge in [-0.1, -0.05) is 76.2 Å². The van der Waals surface area contributed by atoms with E-state index in [1.807, 2.05) is 28.2 Å². The van der Waals surface area contributed by atoms with Crippen LogP contribution >= 0.6 is 0 Å². The van der Waals surface area contributed by atoms with E-state index in [0.29, 0.717) is 21.7 Å². The highest BCUT2D eigenvalue weighted by Gasteiger charge is 2.38. The second-order valence-corrected chi connectivity index (χ2v) is 15.0. The molecule has 0 radical (unpaired) electrons. The summed E-state index contributed by atoms with van der Waals surface area (Å²) in [5.41, 5.74) is 1.71. The number of hydrogen-bond acceptors (Lipinski definition) is 3. The highest BCUT2D eigenvalue weighted by atomic mass is 15.3. The van der Waals surface area contributed by atoms with E-state index in [-0.39, 0.29) is 5.54 Å². The fourth-order valence-electron chi connectivity index (χ4n) is 3.81. The molecule has 0 fully saturated rings. The molecule has 0 aromatic heterocycles. The van der Waals surface area contributed by atoms with Crippen molar-refractivity contribution in [2.75, 3.05) is 48.8 Å². The molecule has 0 aromatic rings. The van der Waals surface area contributed by atoms with Crippen molar-refractivity contribution < 1.29 is 0 Å². The minimum absolute atomic E-state index is 0.195. The quantitative estimate of drug-likeness (QED) is 0.245. The first-order chi connectivity index (χ1) is 16.4. The fraction of sp³-hybridized carbons (Fsp3) is 0.935. The number of guanidine groups is 1. The first-order valence-corrected chi connectivity index (χ1v) is 14.1. The van der Waals surface area contributed by atoms with Crippen LogP contribution in [0.15, 0.2) is 9.98 Å². The normalized spacial score (nSPS) is 13.7. The molecule has 0 spiro atoms. The zero-order valence-electron chi connectivity index (χ0n) is 28.9. The second kappa shape index (κ2) is 17.3. The van der Waals surface area contributed by atoms with Crippen LogP contribution in [0.3, 0.4) is 0 Å². The number of hydrogen-bond donors (Lipinski definition) is 3. The molecule has 0 atom stereocenters. The summed E-state index contributed by atoms with van der Waals surface area (Å²) in [5, 5.41) is 9.54. The van der Waals surface area contributed by atoms with Gasteiger partial charge in [0.05, 0.1) is 5.84 Å². The molecule has 0 aliphatic heterocycles. The van der Waals surface area contributed by atoms with Gasteiger partial charge in [-0.2, -0.15) is 0 Å². The van der Waals surface area contributed by atoms with E-state index in [0.717, 1.165) is 24.8 Å². The van der Waals surface area contributed by atoms with Gasteiger partial charge in [-0.15, -0.1) is 0 Å². The minimum atomic E-state index is 0.195. The molecule has 0 aromatic carbocycles. The first kappa shape index (κ1) is 40.2. The minimum Gasteiger partial charge on any atom is -0.377 e. The standard InChI is InChI=1S/C12H27N.C10H23N3.C9H20N2/c1-10(2,3)9-11(4,5)12(6,7)13-8;1-10(2,3)7-8-13(6)9(11-4)12-5;1-9(2,3)7-6-8(10-4)11-5/h13H,9H2,1-8H3;7-8H2,1-6H3,(H,11,12);6-7H2,1-5H3,(H,10,11).